The van der Waals surface area contributed by atoms with Crippen molar-refractivity contribution in [2.45, 2.75) is 0 Å². The van der Waals surface area contributed by atoms with Crippen LogP contribution in [0.5, 0.6) is 0 Å². The van der Waals surface area contributed by atoms with Gasteiger partial charge in [0.25, 0.3) is 0 Å². The summed E-state index contributed by atoms with van der Waals surface area (Å²) in [7, 11) is 0. The van der Waals surface area contributed by atoms with Crippen LogP contribution >= 0.6 is 0 Å². The first kappa shape index (κ1) is 20.8. The van der Waals surface area contributed by atoms with Crippen LogP contribution in [0.15, 0.2) is 133 Å². The zero-order valence-corrected chi connectivity index (χ0v) is 21.1. The molecule has 2 heteroatoms. The summed E-state index contributed by atoms with van der Waals surface area (Å²) >= 11 is 0. The highest BCUT2D eigenvalue weighted by atomic mass is 15.1. The van der Waals surface area contributed by atoms with E-state index in [2.05, 4.69) is 138 Å². The average molecular weight is 495 g/mol. The van der Waals surface area contributed by atoms with Crippen molar-refractivity contribution >= 4 is 43.5 Å². The Kier molecular flexibility index (Phi) is 4.08. The zero-order valence-electron chi connectivity index (χ0n) is 21.1. The van der Waals surface area contributed by atoms with Crippen LogP contribution < -0.4 is 0 Å². The van der Waals surface area contributed by atoms with E-state index >= 15 is 0 Å². The Morgan fingerprint density at radius 3 is 1.97 bits per heavy atom. The van der Waals surface area contributed by atoms with Gasteiger partial charge in [-0.3, -0.25) is 4.57 Å². The van der Waals surface area contributed by atoms with Gasteiger partial charge in [0.2, 0.25) is 0 Å². The summed E-state index contributed by atoms with van der Waals surface area (Å²) in [4.78, 5) is 5.27. The third-order valence-electron chi connectivity index (χ3n) is 8.32. The van der Waals surface area contributed by atoms with Gasteiger partial charge >= 0.3 is 0 Å². The van der Waals surface area contributed by atoms with Crippen molar-refractivity contribution in [3.8, 4) is 39.2 Å². The summed E-state index contributed by atoms with van der Waals surface area (Å²) in [6.45, 7) is 0. The molecule has 180 valence electrons. The van der Waals surface area contributed by atoms with E-state index in [0.29, 0.717) is 0 Å². The van der Waals surface area contributed by atoms with Crippen LogP contribution in [0.3, 0.4) is 0 Å². The van der Waals surface area contributed by atoms with Gasteiger partial charge in [0.05, 0.1) is 16.6 Å². The van der Waals surface area contributed by atoms with E-state index in [0.717, 1.165) is 16.7 Å². The lowest BCUT2D eigenvalue weighted by Crippen LogP contribution is -2.00. The first-order valence-corrected chi connectivity index (χ1v) is 13.4. The van der Waals surface area contributed by atoms with Crippen molar-refractivity contribution < 1.29 is 0 Å². The maximum absolute atomic E-state index is 5.27. The number of hydrogen-bond donors (Lipinski definition) is 0. The lowest BCUT2D eigenvalue weighted by Gasteiger charge is -2.14. The number of rotatable bonds is 2. The Balaban J connectivity index is 1.47. The molecule has 8 aromatic rings. The SMILES string of the molecule is c1ccc(-c2cc(-n3c4ccccc4c4cc5c6c(cccc6c43)-c3ccccc3-5)nc3ccccc23)cc1. The van der Waals surface area contributed by atoms with Crippen molar-refractivity contribution in [3.63, 3.8) is 0 Å². The maximum Gasteiger partial charge on any atom is 0.138 e. The second kappa shape index (κ2) is 7.66. The van der Waals surface area contributed by atoms with Gasteiger partial charge in [-0.15, -0.1) is 0 Å². The molecule has 0 amide bonds. The molecule has 0 spiro atoms. The zero-order chi connectivity index (χ0) is 25.5. The highest BCUT2D eigenvalue weighted by Gasteiger charge is 2.25. The molecular formula is C37H22N2. The third-order valence-corrected chi connectivity index (χ3v) is 8.32. The highest BCUT2D eigenvalue weighted by molar-refractivity contribution is 6.27. The van der Waals surface area contributed by atoms with E-state index in [4.69, 9.17) is 4.98 Å². The normalized spacial score (nSPS) is 12.1. The Hall–Kier alpha value is -5.21. The molecule has 0 N–H and O–H groups in total. The Morgan fingerprint density at radius 1 is 0.436 bits per heavy atom. The van der Waals surface area contributed by atoms with Crippen molar-refractivity contribution in [2.24, 2.45) is 0 Å². The van der Waals surface area contributed by atoms with E-state index in [1.165, 1.54) is 66.0 Å². The topological polar surface area (TPSA) is 17.8 Å². The number of fused-ring (bicyclic) bond motifs is 8. The van der Waals surface area contributed by atoms with Gasteiger partial charge in [-0.1, -0.05) is 109 Å². The Labute approximate surface area is 225 Å². The van der Waals surface area contributed by atoms with Crippen LogP contribution in [0, 0.1) is 0 Å². The highest BCUT2D eigenvalue weighted by Crippen LogP contribution is 2.51. The molecule has 0 aliphatic heterocycles. The van der Waals surface area contributed by atoms with E-state index < -0.39 is 0 Å². The molecule has 0 radical (unpaired) electrons. The molecule has 2 aromatic heterocycles. The first-order valence-electron chi connectivity index (χ1n) is 13.4. The summed E-state index contributed by atoms with van der Waals surface area (Å²) < 4.78 is 2.38. The van der Waals surface area contributed by atoms with E-state index in [-0.39, 0.29) is 0 Å². The van der Waals surface area contributed by atoms with Crippen LogP contribution in [0.2, 0.25) is 0 Å². The van der Waals surface area contributed by atoms with Crippen molar-refractivity contribution in [1.82, 2.24) is 9.55 Å². The minimum Gasteiger partial charge on any atom is -0.293 e. The van der Waals surface area contributed by atoms with Crippen LogP contribution in [-0.2, 0) is 0 Å². The van der Waals surface area contributed by atoms with Gasteiger partial charge in [0.15, 0.2) is 0 Å². The predicted octanol–water partition coefficient (Wildman–Crippen LogP) is 9.80. The molecule has 6 aromatic carbocycles. The smallest absolute Gasteiger partial charge is 0.138 e. The lowest BCUT2D eigenvalue weighted by molar-refractivity contribution is 1.11. The van der Waals surface area contributed by atoms with Gasteiger partial charge in [0, 0.05) is 21.5 Å². The Bertz CT molecular complexity index is 2270. The van der Waals surface area contributed by atoms with Crippen LogP contribution in [-0.4, -0.2) is 9.55 Å². The molecule has 1 aliphatic rings. The van der Waals surface area contributed by atoms with Crippen LogP contribution in [0.4, 0.5) is 0 Å². The summed E-state index contributed by atoms with van der Waals surface area (Å²) in [5.41, 5.74) is 11.0. The predicted molar refractivity (Wildman–Crippen MR) is 163 cm³/mol. The monoisotopic (exact) mass is 494 g/mol. The summed E-state index contributed by atoms with van der Waals surface area (Å²) in [6.07, 6.45) is 0. The fourth-order valence-electron chi connectivity index (χ4n) is 6.69. The number of aromatic nitrogens is 2. The molecule has 0 bridgehead atoms. The van der Waals surface area contributed by atoms with Crippen LogP contribution in [0.25, 0.3) is 82.7 Å². The number of nitrogens with zero attached hydrogens (tertiary/aromatic N) is 2. The summed E-state index contributed by atoms with van der Waals surface area (Å²) in [6, 6.07) is 48.1. The molecule has 0 saturated carbocycles. The average Bonchev–Trinajstić information content (AvgIpc) is 3.52. The van der Waals surface area contributed by atoms with Gasteiger partial charge < -0.3 is 0 Å². The number of hydrogen-bond acceptors (Lipinski definition) is 1. The van der Waals surface area contributed by atoms with Crippen LogP contribution in [0.1, 0.15) is 0 Å². The molecule has 9 rings (SSSR count). The largest absolute Gasteiger partial charge is 0.293 e. The molecule has 2 nitrogen and oxygen atoms in total. The fraction of sp³-hybridized carbons (Fsp3) is 0. The van der Waals surface area contributed by atoms with E-state index in [1.54, 1.807) is 0 Å². The standard InChI is InChI=1S/C37H22N2/c1-2-11-23(12-3-1)30-22-35(38-33-19-8-6-15-26(30)33)39-34-20-9-7-16-27(34)32-21-31-25-14-5-4-13-24(25)28-17-10-18-29(36(28)31)37(32)39/h1-22H. The van der Waals surface area contributed by atoms with E-state index in [1.807, 2.05) is 0 Å². The van der Waals surface area contributed by atoms with Crippen molar-refractivity contribution in [3.05, 3.63) is 133 Å². The molecular weight excluding hydrogens is 472 g/mol. The minimum atomic E-state index is 0.940. The molecule has 0 atom stereocenters. The van der Waals surface area contributed by atoms with Gasteiger partial charge in [0.1, 0.15) is 5.82 Å². The Morgan fingerprint density at radius 2 is 1.10 bits per heavy atom. The number of para-hydroxylation sites is 2. The molecule has 1 aliphatic carbocycles. The molecule has 0 unspecified atom stereocenters. The van der Waals surface area contributed by atoms with Gasteiger partial charge in [-0.05, 0) is 63.0 Å². The summed E-state index contributed by atoms with van der Waals surface area (Å²) in [5.74, 6) is 0.940. The van der Waals surface area contributed by atoms with Gasteiger partial charge in [-0.25, -0.2) is 4.98 Å². The lowest BCUT2D eigenvalue weighted by atomic mass is 9.99. The number of benzene rings is 6. The second-order valence-electron chi connectivity index (χ2n) is 10.4. The quantitative estimate of drug-likeness (QED) is 0.234. The fourth-order valence-corrected chi connectivity index (χ4v) is 6.69. The van der Waals surface area contributed by atoms with Crippen molar-refractivity contribution in [2.75, 3.05) is 0 Å². The molecule has 39 heavy (non-hydrogen) atoms. The number of pyridine rings is 1. The van der Waals surface area contributed by atoms with Crippen molar-refractivity contribution in [1.29, 1.82) is 0 Å². The second-order valence-corrected chi connectivity index (χ2v) is 10.4. The maximum atomic E-state index is 5.27. The third kappa shape index (κ3) is 2.78. The molecule has 0 fully saturated rings. The molecule has 0 saturated heterocycles. The first-order chi connectivity index (χ1) is 19.4. The summed E-state index contributed by atoms with van der Waals surface area (Å²) in [5, 5.41) is 6.27. The van der Waals surface area contributed by atoms with Gasteiger partial charge in [-0.2, -0.15) is 0 Å². The van der Waals surface area contributed by atoms with E-state index in [9.17, 15) is 0 Å². The molecule has 2 heterocycles. The minimum absolute atomic E-state index is 0.940.